The summed E-state index contributed by atoms with van der Waals surface area (Å²) in [5, 5.41) is 3.41. The zero-order valence-electron chi connectivity index (χ0n) is 12.5. The van der Waals surface area contributed by atoms with Crippen LogP contribution in [0.1, 0.15) is 70.6 Å². The molecule has 3 aliphatic rings. The first kappa shape index (κ1) is 14.7. The fraction of sp³-hybridized carbons (Fsp3) is 0.941. The summed E-state index contributed by atoms with van der Waals surface area (Å²) in [7, 11) is 0. The van der Waals surface area contributed by atoms with Crippen molar-refractivity contribution in [3.8, 4) is 0 Å². The van der Waals surface area contributed by atoms with Crippen LogP contribution in [-0.4, -0.2) is 17.3 Å². The fourth-order valence-corrected chi connectivity index (χ4v) is 5.00. The number of carbonyl (C=O) groups excluding carboxylic acids is 1. The number of nitrogens with one attached hydrogen (secondary N) is 1. The van der Waals surface area contributed by atoms with Crippen molar-refractivity contribution in [2.75, 3.05) is 0 Å². The molecule has 0 radical (unpaired) electrons. The quantitative estimate of drug-likeness (QED) is 0.758. The molecule has 0 heterocycles. The Morgan fingerprint density at radius 1 is 0.850 bits per heavy atom. The van der Waals surface area contributed by atoms with Crippen molar-refractivity contribution in [1.29, 1.82) is 0 Å². The van der Waals surface area contributed by atoms with Crippen LogP contribution in [0.2, 0.25) is 0 Å². The predicted octanol–water partition coefficient (Wildman–Crippen LogP) is 4.26. The summed E-state index contributed by atoms with van der Waals surface area (Å²) in [5.41, 5.74) is 0. The summed E-state index contributed by atoms with van der Waals surface area (Å²) in [5.74, 6) is 2.31. The van der Waals surface area contributed by atoms with Crippen LogP contribution < -0.4 is 5.32 Å². The van der Waals surface area contributed by atoms with E-state index < -0.39 is 0 Å². The molecule has 5 unspecified atom stereocenters. The van der Waals surface area contributed by atoms with Gasteiger partial charge in [-0.25, -0.2) is 0 Å². The third kappa shape index (κ3) is 3.32. The maximum atomic E-state index is 12.5. The Hall–Kier alpha value is -0.240. The molecule has 3 saturated carbocycles. The van der Waals surface area contributed by atoms with Crippen LogP contribution in [0.15, 0.2) is 0 Å². The van der Waals surface area contributed by atoms with Crippen LogP contribution >= 0.6 is 11.6 Å². The summed E-state index contributed by atoms with van der Waals surface area (Å²) >= 11 is 6.36. The lowest BCUT2D eigenvalue weighted by atomic mass is 9.67. The first-order valence-corrected chi connectivity index (χ1v) is 9.12. The second-order valence-electron chi connectivity index (χ2n) is 7.23. The second kappa shape index (κ2) is 6.68. The minimum absolute atomic E-state index is 0.152. The van der Waals surface area contributed by atoms with Crippen molar-refractivity contribution in [2.24, 2.45) is 17.8 Å². The maximum absolute atomic E-state index is 12.5. The summed E-state index contributed by atoms with van der Waals surface area (Å²) in [6.07, 6.45) is 13.6. The van der Waals surface area contributed by atoms with E-state index >= 15 is 0 Å². The SMILES string of the molecule is O=C(NC1CCCCC1Cl)C1CCC2CCCCC2C1. The second-order valence-corrected chi connectivity index (χ2v) is 7.79. The van der Waals surface area contributed by atoms with E-state index in [1.807, 2.05) is 0 Å². The number of fused-ring (bicyclic) bond motifs is 1. The Morgan fingerprint density at radius 3 is 2.35 bits per heavy atom. The molecule has 0 saturated heterocycles. The van der Waals surface area contributed by atoms with E-state index in [0.29, 0.717) is 5.91 Å². The summed E-state index contributed by atoms with van der Waals surface area (Å²) in [6, 6.07) is 0.224. The molecule has 0 aliphatic heterocycles. The molecule has 1 N–H and O–H groups in total. The highest BCUT2D eigenvalue weighted by molar-refractivity contribution is 6.21. The Kier molecular flexibility index (Phi) is 4.91. The zero-order chi connectivity index (χ0) is 13.9. The maximum Gasteiger partial charge on any atom is 0.223 e. The molecule has 2 nitrogen and oxygen atoms in total. The highest BCUT2D eigenvalue weighted by Gasteiger charge is 2.36. The number of hydrogen-bond acceptors (Lipinski definition) is 1. The Balaban J connectivity index is 1.52. The number of alkyl halides is 1. The van der Waals surface area contributed by atoms with Crippen molar-refractivity contribution in [1.82, 2.24) is 5.32 Å². The molecule has 0 aromatic heterocycles. The smallest absolute Gasteiger partial charge is 0.223 e. The van der Waals surface area contributed by atoms with Gasteiger partial charge in [-0.15, -0.1) is 11.6 Å². The van der Waals surface area contributed by atoms with Crippen molar-refractivity contribution in [2.45, 2.75) is 82.0 Å². The van der Waals surface area contributed by atoms with Gasteiger partial charge < -0.3 is 5.32 Å². The van der Waals surface area contributed by atoms with E-state index in [4.69, 9.17) is 11.6 Å². The van der Waals surface area contributed by atoms with E-state index in [2.05, 4.69) is 5.32 Å². The van der Waals surface area contributed by atoms with Crippen LogP contribution in [0.4, 0.5) is 0 Å². The van der Waals surface area contributed by atoms with Crippen LogP contribution in [0, 0.1) is 17.8 Å². The average molecular weight is 298 g/mol. The molecule has 0 spiro atoms. The van der Waals surface area contributed by atoms with Crippen LogP contribution in [-0.2, 0) is 4.79 Å². The molecule has 3 fully saturated rings. The topological polar surface area (TPSA) is 29.1 Å². The van der Waals surface area contributed by atoms with Crippen molar-refractivity contribution >= 4 is 17.5 Å². The van der Waals surface area contributed by atoms with Crippen LogP contribution in [0.3, 0.4) is 0 Å². The number of rotatable bonds is 2. The predicted molar refractivity (Wildman–Crippen MR) is 82.8 cm³/mol. The van der Waals surface area contributed by atoms with Crippen molar-refractivity contribution in [3.05, 3.63) is 0 Å². The van der Waals surface area contributed by atoms with Crippen molar-refractivity contribution < 1.29 is 4.79 Å². The van der Waals surface area contributed by atoms with Gasteiger partial charge in [-0.1, -0.05) is 38.5 Å². The van der Waals surface area contributed by atoms with Gasteiger partial charge in [0.25, 0.3) is 0 Å². The van der Waals surface area contributed by atoms with E-state index in [0.717, 1.165) is 37.5 Å². The summed E-state index contributed by atoms with van der Waals surface area (Å²) in [4.78, 5) is 12.5. The van der Waals surface area contributed by atoms with Gasteiger partial charge in [-0.05, 0) is 43.9 Å². The number of carbonyl (C=O) groups is 1. The number of hydrogen-bond donors (Lipinski definition) is 1. The van der Waals surface area contributed by atoms with Gasteiger partial charge in [-0.2, -0.15) is 0 Å². The normalized spacial score (nSPS) is 41.8. The van der Waals surface area contributed by atoms with E-state index in [-0.39, 0.29) is 17.3 Å². The molecule has 3 heteroatoms. The van der Waals surface area contributed by atoms with E-state index in [1.54, 1.807) is 0 Å². The van der Waals surface area contributed by atoms with Crippen LogP contribution in [0.5, 0.6) is 0 Å². The van der Waals surface area contributed by atoms with Gasteiger partial charge in [0.05, 0.1) is 5.38 Å². The lowest BCUT2D eigenvalue weighted by Gasteiger charge is -2.39. The molecular weight excluding hydrogens is 270 g/mol. The fourth-order valence-electron chi connectivity index (χ4n) is 4.66. The van der Waals surface area contributed by atoms with Gasteiger partial charge in [0.15, 0.2) is 0 Å². The lowest BCUT2D eigenvalue weighted by Crippen LogP contribution is -2.46. The van der Waals surface area contributed by atoms with Gasteiger partial charge in [-0.3, -0.25) is 4.79 Å². The Bertz CT molecular complexity index is 346. The van der Waals surface area contributed by atoms with E-state index in [1.165, 1.54) is 44.9 Å². The standard InChI is InChI=1S/C17H28ClNO/c18-15-7-3-4-8-16(15)19-17(20)14-10-9-12-5-1-2-6-13(12)11-14/h12-16H,1-11H2,(H,19,20). The largest absolute Gasteiger partial charge is 0.352 e. The van der Waals surface area contributed by atoms with Crippen LogP contribution in [0.25, 0.3) is 0 Å². The average Bonchev–Trinajstić information content (AvgIpc) is 2.49. The minimum atomic E-state index is 0.152. The third-order valence-electron chi connectivity index (χ3n) is 5.92. The molecule has 0 aromatic carbocycles. The highest BCUT2D eigenvalue weighted by atomic mass is 35.5. The summed E-state index contributed by atoms with van der Waals surface area (Å²) in [6.45, 7) is 0. The number of halogens is 1. The van der Waals surface area contributed by atoms with Gasteiger partial charge in [0, 0.05) is 12.0 Å². The third-order valence-corrected chi connectivity index (χ3v) is 6.44. The summed E-state index contributed by atoms with van der Waals surface area (Å²) < 4.78 is 0. The van der Waals surface area contributed by atoms with Crippen molar-refractivity contribution in [3.63, 3.8) is 0 Å². The molecule has 0 aromatic rings. The van der Waals surface area contributed by atoms with Gasteiger partial charge in [0.1, 0.15) is 0 Å². The molecule has 1 amide bonds. The molecule has 5 atom stereocenters. The molecule has 20 heavy (non-hydrogen) atoms. The molecular formula is C17H28ClNO. The Morgan fingerprint density at radius 2 is 1.55 bits per heavy atom. The first-order chi connectivity index (χ1) is 9.74. The number of amides is 1. The van der Waals surface area contributed by atoms with E-state index in [9.17, 15) is 4.79 Å². The lowest BCUT2D eigenvalue weighted by molar-refractivity contribution is -0.128. The van der Waals surface area contributed by atoms with Gasteiger partial charge in [0.2, 0.25) is 5.91 Å². The minimum Gasteiger partial charge on any atom is -0.352 e. The zero-order valence-corrected chi connectivity index (χ0v) is 13.2. The monoisotopic (exact) mass is 297 g/mol. The Labute approximate surface area is 128 Å². The molecule has 3 aliphatic carbocycles. The first-order valence-electron chi connectivity index (χ1n) is 8.68. The highest BCUT2D eigenvalue weighted by Crippen LogP contribution is 2.42. The van der Waals surface area contributed by atoms with Gasteiger partial charge >= 0.3 is 0 Å². The molecule has 0 bridgehead atoms. The molecule has 3 rings (SSSR count). The molecule has 114 valence electrons.